The van der Waals surface area contributed by atoms with E-state index in [1.165, 1.54) is 11.3 Å². The molecule has 0 aliphatic carbocycles. The van der Waals surface area contributed by atoms with Gasteiger partial charge in [0.1, 0.15) is 0 Å². The lowest BCUT2D eigenvalue weighted by Crippen LogP contribution is -2.37. The number of carbonyl (C=O) groups excluding carboxylic acids is 2. The van der Waals surface area contributed by atoms with Crippen LogP contribution < -0.4 is 0 Å². The van der Waals surface area contributed by atoms with E-state index in [4.69, 9.17) is 0 Å². The summed E-state index contributed by atoms with van der Waals surface area (Å²) in [4.78, 5) is 27.7. The van der Waals surface area contributed by atoms with Gasteiger partial charge in [-0.3, -0.25) is 9.59 Å². The van der Waals surface area contributed by atoms with Crippen LogP contribution in [-0.2, 0) is 4.79 Å². The lowest BCUT2D eigenvalue weighted by Gasteiger charge is -2.21. The first kappa shape index (κ1) is 14.5. The van der Waals surface area contributed by atoms with Gasteiger partial charge >= 0.3 is 0 Å². The number of nitrogens with zero attached hydrogens (tertiary/aromatic N) is 2. The molecule has 1 saturated heterocycles. The van der Waals surface area contributed by atoms with E-state index in [-0.39, 0.29) is 11.8 Å². The predicted molar refractivity (Wildman–Crippen MR) is 79.4 cm³/mol. The van der Waals surface area contributed by atoms with E-state index in [0.717, 1.165) is 28.9 Å². The van der Waals surface area contributed by atoms with Crippen LogP contribution in [-0.4, -0.2) is 47.8 Å². The number of amides is 2. The third-order valence-corrected chi connectivity index (χ3v) is 4.76. The minimum atomic E-state index is 0.0627. The molecule has 0 saturated carbocycles. The van der Waals surface area contributed by atoms with Crippen molar-refractivity contribution in [1.82, 2.24) is 9.80 Å². The van der Waals surface area contributed by atoms with Crippen molar-refractivity contribution < 1.29 is 9.59 Å². The highest BCUT2D eigenvalue weighted by Gasteiger charge is 2.22. The van der Waals surface area contributed by atoms with Crippen molar-refractivity contribution in [2.24, 2.45) is 0 Å². The van der Waals surface area contributed by atoms with Gasteiger partial charge in [0.2, 0.25) is 5.91 Å². The van der Waals surface area contributed by atoms with E-state index < -0.39 is 0 Å². The molecule has 0 bridgehead atoms. The Balaban J connectivity index is 1.99. The Bertz CT molecular complexity index is 475. The number of halogens is 1. The van der Waals surface area contributed by atoms with Crippen LogP contribution in [0.25, 0.3) is 0 Å². The molecule has 1 aliphatic rings. The summed E-state index contributed by atoms with van der Waals surface area (Å²) in [6, 6.07) is 1.85. The molecule has 2 amide bonds. The molecule has 1 aliphatic heterocycles. The second-order valence-electron chi connectivity index (χ2n) is 4.52. The summed E-state index contributed by atoms with van der Waals surface area (Å²) in [5.41, 5.74) is 0.729. The molecule has 0 aromatic carbocycles. The van der Waals surface area contributed by atoms with E-state index in [0.29, 0.717) is 19.5 Å². The van der Waals surface area contributed by atoms with E-state index in [1.807, 2.05) is 28.2 Å². The Labute approximate surface area is 125 Å². The summed E-state index contributed by atoms with van der Waals surface area (Å²) in [5.74, 6) is 0.236. The number of hydrogen-bond acceptors (Lipinski definition) is 3. The van der Waals surface area contributed by atoms with Gasteiger partial charge in [0.05, 0.1) is 9.35 Å². The summed E-state index contributed by atoms with van der Waals surface area (Å²) in [7, 11) is 0. The van der Waals surface area contributed by atoms with Crippen molar-refractivity contribution in [2.45, 2.75) is 19.8 Å². The minimum absolute atomic E-state index is 0.0627. The van der Waals surface area contributed by atoms with Gasteiger partial charge in [-0.05, 0) is 28.4 Å². The van der Waals surface area contributed by atoms with Crippen molar-refractivity contribution in [1.29, 1.82) is 0 Å². The second-order valence-corrected chi connectivity index (χ2v) is 6.81. The molecule has 6 heteroatoms. The van der Waals surface area contributed by atoms with Crippen LogP contribution in [0.1, 0.15) is 30.1 Å². The molecule has 1 fully saturated rings. The molecular weight excluding hydrogens is 328 g/mol. The summed E-state index contributed by atoms with van der Waals surface area (Å²) in [6.45, 7) is 4.62. The monoisotopic (exact) mass is 344 g/mol. The summed E-state index contributed by atoms with van der Waals surface area (Å²) in [5, 5.41) is 1.87. The fourth-order valence-corrected chi connectivity index (χ4v) is 3.33. The van der Waals surface area contributed by atoms with Gasteiger partial charge in [0.25, 0.3) is 5.91 Å². The van der Waals surface area contributed by atoms with Gasteiger partial charge < -0.3 is 9.80 Å². The quantitative estimate of drug-likeness (QED) is 0.827. The van der Waals surface area contributed by atoms with E-state index in [9.17, 15) is 9.59 Å². The van der Waals surface area contributed by atoms with Crippen molar-refractivity contribution in [3.8, 4) is 0 Å². The van der Waals surface area contributed by atoms with Crippen LogP contribution in [0.3, 0.4) is 0 Å². The third-order valence-electron chi connectivity index (χ3n) is 3.25. The van der Waals surface area contributed by atoms with Crippen LogP contribution in [0.5, 0.6) is 0 Å². The van der Waals surface area contributed by atoms with Crippen LogP contribution >= 0.6 is 27.3 Å². The van der Waals surface area contributed by atoms with Crippen LogP contribution in [0, 0.1) is 0 Å². The van der Waals surface area contributed by atoms with E-state index >= 15 is 0 Å². The molecule has 4 nitrogen and oxygen atoms in total. The van der Waals surface area contributed by atoms with Crippen molar-refractivity contribution in [3.63, 3.8) is 0 Å². The zero-order chi connectivity index (χ0) is 13.8. The summed E-state index contributed by atoms with van der Waals surface area (Å²) in [6.07, 6.45) is 1.38. The summed E-state index contributed by atoms with van der Waals surface area (Å²) >= 11 is 4.89. The van der Waals surface area contributed by atoms with Gasteiger partial charge in [0, 0.05) is 38.0 Å². The Morgan fingerprint density at radius 3 is 2.58 bits per heavy atom. The molecule has 0 radical (unpaired) electrons. The predicted octanol–water partition coefficient (Wildman–Crippen LogP) is 2.60. The fourth-order valence-electron chi connectivity index (χ4n) is 2.20. The highest BCUT2D eigenvalue weighted by Crippen LogP contribution is 2.22. The average molecular weight is 345 g/mol. The molecule has 1 aromatic heterocycles. The molecule has 1 aromatic rings. The van der Waals surface area contributed by atoms with E-state index in [2.05, 4.69) is 15.9 Å². The van der Waals surface area contributed by atoms with Crippen molar-refractivity contribution in [2.75, 3.05) is 26.2 Å². The Morgan fingerprint density at radius 2 is 1.95 bits per heavy atom. The standard InChI is InChI=1S/C13H17BrN2O2S/c1-2-12(17)15-4-3-5-16(7-6-15)13(18)10-8-11(14)19-9-10/h8-9H,2-7H2,1H3. The highest BCUT2D eigenvalue weighted by molar-refractivity contribution is 9.11. The van der Waals surface area contributed by atoms with Crippen LogP contribution in [0.4, 0.5) is 0 Å². The molecule has 104 valence electrons. The lowest BCUT2D eigenvalue weighted by atomic mass is 10.3. The molecule has 0 N–H and O–H groups in total. The zero-order valence-corrected chi connectivity index (χ0v) is 13.3. The normalized spacial score (nSPS) is 16.3. The SMILES string of the molecule is CCC(=O)N1CCCN(C(=O)c2csc(Br)c2)CC1. The maximum Gasteiger partial charge on any atom is 0.254 e. The molecular formula is C13H17BrN2O2S. The molecule has 2 rings (SSSR count). The topological polar surface area (TPSA) is 40.6 Å². The zero-order valence-electron chi connectivity index (χ0n) is 10.9. The molecule has 2 heterocycles. The number of rotatable bonds is 2. The highest BCUT2D eigenvalue weighted by atomic mass is 79.9. The van der Waals surface area contributed by atoms with Gasteiger partial charge in [0.15, 0.2) is 0 Å². The largest absolute Gasteiger partial charge is 0.341 e. The first-order valence-corrected chi connectivity index (χ1v) is 8.10. The van der Waals surface area contributed by atoms with Crippen molar-refractivity contribution >= 4 is 39.1 Å². The Kier molecular flexibility index (Phi) is 4.99. The molecule has 19 heavy (non-hydrogen) atoms. The van der Waals surface area contributed by atoms with Gasteiger partial charge in [-0.2, -0.15) is 0 Å². The minimum Gasteiger partial charge on any atom is -0.341 e. The number of hydrogen-bond donors (Lipinski definition) is 0. The lowest BCUT2D eigenvalue weighted by molar-refractivity contribution is -0.130. The van der Waals surface area contributed by atoms with E-state index in [1.54, 1.807) is 0 Å². The van der Waals surface area contributed by atoms with Crippen LogP contribution in [0.15, 0.2) is 15.2 Å². The molecule has 0 spiro atoms. The molecule has 0 atom stereocenters. The van der Waals surface area contributed by atoms with Crippen LogP contribution in [0.2, 0.25) is 0 Å². The molecule has 0 unspecified atom stereocenters. The first-order valence-electron chi connectivity index (χ1n) is 6.43. The first-order chi connectivity index (χ1) is 9.11. The smallest absolute Gasteiger partial charge is 0.254 e. The Hall–Kier alpha value is -0.880. The Morgan fingerprint density at radius 1 is 1.26 bits per heavy atom. The van der Waals surface area contributed by atoms with Gasteiger partial charge in [-0.15, -0.1) is 11.3 Å². The number of thiophene rings is 1. The fraction of sp³-hybridized carbons (Fsp3) is 0.538. The second kappa shape index (κ2) is 6.52. The summed E-state index contributed by atoms with van der Waals surface area (Å²) < 4.78 is 0.966. The average Bonchev–Trinajstić information content (AvgIpc) is 2.71. The maximum absolute atomic E-state index is 12.3. The number of carbonyl (C=O) groups is 2. The van der Waals surface area contributed by atoms with Gasteiger partial charge in [-0.1, -0.05) is 6.92 Å². The maximum atomic E-state index is 12.3. The third kappa shape index (κ3) is 3.57. The van der Waals surface area contributed by atoms with Crippen molar-refractivity contribution in [3.05, 3.63) is 20.8 Å². The van der Waals surface area contributed by atoms with Gasteiger partial charge in [-0.25, -0.2) is 0 Å².